The molecule has 9 heteroatoms. The van der Waals surface area contributed by atoms with Gasteiger partial charge in [-0.25, -0.2) is 22.5 Å². The molecule has 4 aromatic rings. The molecule has 0 bridgehead atoms. The molecule has 214 valence electrons. The zero-order valence-electron chi connectivity index (χ0n) is 23.5. The Bertz CT molecular complexity index is 1670. The first kappa shape index (κ1) is 28.7. The number of anilines is 1. The van der Waals surface area contributed by atoms with E-state index in [4.69, 9.17) is 0 Å². The van der Waals surface area contributed by atoms with Crippen LogP contribution in [0.3, 0.4) is 0 Å². The molecule has 1 N–H and O–H groups in total. The first-order valence-electron chi connectivity index (χ1n) is 13.8. The van der Waals surface area contributed by atoms with Gasteiger partial charge in [0.2, 0.25) is 15.9 Å². The van der Waals surface area contributed by atoms with Crippen molar-refractivity contribution in [3.8, 4) is 0 Å². The molecule has 0 unspecified atom stereocenters. The molecule has 1 aliphatic carbocycles. The molecule has 0 saturated carbocycles. The van der Waals surface area contributed by atoms with Crippen LogP contribution in [0.1, 0.15) is 66.2 Å². The number of carbonyl (C=O) groups is 1. The molecule has 1 aromatic heterocycles. The monoisotopic (exact) mass is 574 g/mol. The molecule has 1 aliphatic rings. The van der Waals surface area contributed by atoms with Crippen molar-refractivity contribution >= 4 is 21.6 Å². The minimum atomic E-state index is -3.75. The fraction of sp³-hybridized carbons (Fsp3) is 0.312. The second kappa shape index (κ2) is 12.0. The summed E-state index contributed by atoms with van der Waals surface area (Å²) in [6.45, 7) is 4.02. The van der Waals surface area contributed by atoms with E-state index < -0.39 is 16.1 Å². The number of halogens is 1. The second-order valence-electron chi connectivity index (χ2n) is 10.9. The van der Waals surface area contributed by atoms with Gasteiger partial charge in [-0.05, 0) is 90.8 Å². The Balaban J connectivity index is 1.46. The van der Waals surface area contributed by atoms with Gasteiger partial charge in [0.25, 0.3) is 0 Å². The molecule has 0 spiro atoms. The normalized spacial score (nSPS) is 15.8. The van der Waals surface area contributed by atoms with Gasteiger partial charge in [0.05, 0.1) is 11.4 Å². The first-order valence-corrected chi connectivity index (χ1v) is 15.3. The topological polar surface area (TPSA) is 84.3 Å². The van der Waals surface area contributed by atoms with E-state index in [1.165, 1.54) is 12.1 Å². The standard InChI is InChI=1S/C32H35FN4O3S/c1-22-7-4-11-28(17-22)41(39,40)35-30-12-6-8-24-13-14-27(20-29(24)30)37(21-31-34-15-16-36(31)3)32(38)18-23(2)25-9-5-10-26(33)19-25/h4-5,7,9-11,13-17,19-20,23,30,35H,6,8,12,18,21H2,1-3H3/t23-,30+/m1/s1. The molecular formula is C32H35FN4O3S. The number of aryl methyl sites for hydroxylation is 3. The molecule has 7 nitrogen and oxygen atoms in total. The number of hydrogen-bond donors (Lipinski definition) is 1. The van der Waals surface area contributed by atoms with E-state index >= 15 is 0 Å². The van der Waals surface area contributed by atoms with Gasteiger partial charge in [0.1, 0.15) is 11.6 Å². The zero-order valence-corrected chi connectivity index (χ0v) is 24.4. The molecule has 0 radical (unpaired) electrons. The van der Waals surface area contributed by atoms with Gasteiger partial charge in [-0.2, -0.15) is 0 Å². The van der Waals surface area contributed by atoms with E-state index in [2.05, 4.69) is 9.71 Å². The molecule has 0 saturated heterocycles. The minimum absolute atomic E-state index is 0.127. The van der Waals surface area contributed by atoms with Gasteiger partial charge in [-0.3, -0.25) is 4.79 Å². The van der Waals surface area contributed by atoms with E-state index in [0.29, 0.717) is 17.9 Å². The number of amides is 1. The lowest BCUT2D eigenvalue weighted by atomic mass is 9.87. The lowest BCUT2D eigenvalue weighted by Crippen LogP contribution is -2.34. The number of fused-ring (bicyclic) bond motifs is 1. The molecule has 3 aromatic carbocycles. The number of benzene rings is 3. The fourth-order valence-electron chi connectivity index (χ4n) is 5.43. The van der Waals surface area contributed by atoms with Crippen LogP contribution in [0.2, 0.25) is 0 Å². The Morgan fingerprint density at radius 1 is 1.15 bits per heavy atom. The van der Waals surface area contributed by atoms with Gasteiger partial charge in [-0.15, -0.1) is 0 Å². The predicted molar refractivity (Wildman–Crippen MR) is 157 cm³/mol. The van der Waals surface area contributed by atoms with Crippen molar-refractivity contribution in [2.75, 3.05) is 4.90 Å². The quantitative estimate of drug-likeness (QED) is 0.268. The summed E-state index contributed by atoms with van der Waals surface area (Å²) < 4.78 is 45.3. The number of sulfonamides is 1. The van der Waals surface area contributed by atoms with Gasteiger partial charge in [0, 0.05) is 37.6 Å². The summed E-state index contributed by atoms with van der Waals surface area (Å²) in [5.41, 5.74) is 4.24. The lowest BCUT2D eigenvalue weighted by molar-refractivity contribution is -0.119. The smallest absolute Gasteiger partial charge is 0.241 e. The Hall–Kier alpha value is -3.82. The fourth-order valence-corrected chi connectivity index (χ4v) is 6.79. The maximum atomic E-state index is 13.9. The first-order chi connectivity index (χ1) is 19.6. The van der Waals surface area contributed by atoms with E-state index in [0.717, 1.165) is 35.1 Å². The van der Waals surface area contributed by atoms with Gasteiger partial charge in [0.15, 0.2) is 0 Å². The van der Waals surface area contributed by atoms with Crippen LogP contribution in [0.4, 0.5) is 10.1 Å². The summed E-state index contributed by atoms with van der Waals surface area (Å²) >= 11 is 0. The maximum absolute atomic E-state index is 13.9. The van der Waals surface area contributed by atoms with Crippen LogP contribution in [0.25, 0.3) is 0 Å². The van der Waals surface area contributed by atoms with Crippen LogP contribution in [-0.4, -0.2) is 23.9 Å². The lowest BCUT2D eigenvalue weighted by Gasteiger charge is -2.30. The number of carbonyl (C=O) groups excluding carboxylic acids is 1. The van der Waals surface area contributed by atoms with Crippen molar-refractivity contribution in [3.63, 3.8) is 0 Å². The van der Waals surface area contributed by atoms with Crippen LogP contribution in [-0.2, 0) is 34.8 Å². The summed E-state index contributed by atoms with van der Waals surface area (Å²) in [7, 11) is -1.87. The largest absolute Gasteiger partial charge is 0.337 e. The average molecular weight is 575 g/mol. The molecule has 1 heterocycles. The molecule has 2 atom stereocenters. The van der Waals surface area contributed by atoms with Crippen LogP contribution >= 0.6 is 0 Å². The molecular weight excluding hydrogens is 539 g/mol. The highest BCUT2D eigenvalue weighted by Crippen LogP contribution is 2.35. The Kier molecular flexibility index (Phi) is 8.37. The highest BCUT2D eigenvalue weighted by atomic mass is 32.2. The summed E-state index contributed by atoms with van der Waals surface area (Å²) in [5.74, 6) is 0.0534. The Morgan fingerprint density at radius 2 is 1.95 bits per heavy atom. The van der Waals surface area contributed by atoms with Gasteiger partial charge >= 0.3 is 0 Å². The van der Waals surface area contributed by atoms with Crippen LogP contribution in [0.15, 0.2) is 84.0 Å². The summed E-state index contributed by atoms with van der Waals surface area (Å²) in [6, 6.07) is 18.6. The summed E-state index contributed by atoms with van der Waals surface area (Å²) in [6.07, 6.45) is 6.04. The van der Waals surface area contributed by atoms with Gasteiger partial charge < -0.3 is 9.47 Å². The van der Waals surface area contributed by atoms with Crippen molar-refractivity contribution in [2.24, 2.45) is 7.05 Å². The van der Waals surface area contributed by atoms with E-state index in [1.54, 1.807) is 35.4 Å². The highest BCUT2D eigenvalue weighted by Gasteiger charge is 2.28. The number of nitrogens with zero attached hydrogens (tertiary/aromatic N) is 3. The van der Waals surface area contributed by atoms with Crippen molar-refractivity contribution in [3.05, 3.63) is 113 Å². The minimum Gasteiger partial charge on any atom is -0.337 e. The maximum Gasteiger partial charge on any atom is 0.241 e. The third kappa shape index (κ3) is 6.57. The van der Waals surface area contributed by atoms with Crippen LogP contribution < -0.4 is 9.62 Å². The van der Waals surface area contributed by atoms with Crippen molar-refractivity contribution in [2.45, 2.75) is 62.9 Å². The van der Waals surface area contributed by atoms with E-state index in [9.17, 15) is 17.6 Å². The molecule has 1 amide bonds. The molecule has 5 rings (SSSR count). The third-order valence-electron chi connectivity index (χ3n) is 7.77. The van der Waals surface area contributed by atoms with Crippen LogP contribution in [0.5, 0.6) is 0 Å². The summed E-state index contributed by atoms with van der Waals surface area (Å²) in [4.78, 5) is 20.2. The summed E-state index contributed by atoms with van der Waals surface area (Å²) in [5, 5.41) is 0. The Morgan fingerprint density at radius 3 is 2.68 bits per heavy atom. The van der Waals surface area contributed by atoms with Crippen molar-refractivity contribution in [1.29, 1.82) is 0 Å². The molecule has 0 fully saturated rings. The number of nitrogens with one attached hydrogen (secondary N) is 1. The highest BCUT2D eigenvalue weighted by molar-refractivity contribution is 7.89. The Labute approximate surface area is 241 Å². The van der Waals surface area contributed by atoms with Crippen molar-refractivity contribution < 1.29 is 17.6 Å². The van der Waals surface area contributed by atoms with Gasteiger partial charge in [-0.1, -0.05) is 37.3 Å². The number of hydrogen-bond acceptors (Lipinski definition) is 4. The number of rotatable bonds is 9. The molecule has 0 aliphatic heterocycles. The number of imidazole rings is 1. The average Bonchev–Trinajstić information content (AvgIpc) is 3.35. The SMILES string of the molecule is Cc1cccc(S(=O)(=O)N[C@H]2CCCc3ccc(N(Cc4nccn4C)C(=O)C[C@@H](C)c4cccc(F)c4)cc32)c1. The second-order valence-corrected chi connectivity index (χ2v) is 12.6. The van der Waals surface area contributed by atoms with E-state index in [-0.39, 0.29) is 35.5 Å². The third-order valence-corrected chi connectivity index (χ3v) is 9.24. The van der Waals surface area contributed by atoms with E-state index in [1.807, 2.05) is 62.0 Å². The zero-order chi connectivity index (χ0) is 29.1. The van der Waals surface area contributed by atoms with Crippen molar-refractivity contribution in [1.82, 2.24) is 14.3 Å². The molecule has 41 heavy (non-hydrogen) atoms. The van der Waals surface area contributed by atoms with Crippen LogP contribution in [0, 0.1) is 12.7 Å². The number of aromatic nitrogens is 2. The predicted octanol–water partition coefficient (Wildman–Crippen LogP) is 5.95.